The van der Waals surface area contributed by atoms with Crippen LogP contribution in [-0.4, -0.2) is 19.8 Å². The average Bonchev–Trinajstić information content (AvgIpc) is 2.32. The summed E-state index contributed by atoms with van der Waals surface area (Å²) in [5.74, 6) is -0.161. The third-order valence-corrected chi connectivity index (χ3v) is 2.66. The molecule has 0 atom stereocenters. The van der Waals surface area contributed by atoms with Gasteiger partial charge in [-0.05, 0) is 42.7 Å². The molecule has 16 heavy (non-hydrogen) atoms. The maximum atomic E-state index is 13.0. The first kappa shape index (κ1) is 11.1. The molecule has 0 aromatic heterocycles. The van der Waals surface area contributed by atoms with Crippen LogP contribution in [0.25, 0.3) is 0 Å². The fraction of sp³-hybridized carbons (Fsp3) is 0.385. The van der Waals surface area contributed by atoms with Gasteiger partial charge in [-0.2, -0.15) is 0 Å². The molecule has 1 heterocycles. The van der Waals surface area contributed by atoms with Crippen molar-refractivity contribution in [3.8, 4) is 0 Å². The van der Waals surface area contributed by atoms with Crippen LogP contribution in [-0.2, 0) is 4.74 Å². The minimum Gasteiger partial charge on any atom is -0.381 e. The van der Waals surface area contributed by atoms with Gasteiger partial charge in [0, 0.05) is 12.2 Å². The number of benzene rings is 1. The Kier molecular flexibility index (Phi) is 3.57. The Labute approximate surface area is 95.1 Å². The van der Waals surface area contributed by atoms with Crippen LogP contribution < -0.4 is 5.32 Å². The van der Waals surface area contributed by atoms with Gasteiger partial charge in [-0.15, -0.1) is 0 Å². The molecule has 2 nitrogen and oxygen atoms in total. The summed E-state index contributed by atoms with van der Waals surface area (Å²) in [7, 11) is 0. The monoisotopic (exact) mass is 221 g/mol. The lowest BCUT2D eigenvalue weighted by atomic mass is 10.1. The van der Waals surface area contributed by atoms with Crippen LogP contribution in [0.4, 0.5) is 10.1 Å². The van der Waals surface area contributed by atoms with Gasteiger partial charge in [-0.3, -0.25) is 0 Å². The molecule has 0 radical (unpaired) electrons. The molecule has 3 heteroatoms. The van der Waals surface area contributed by atoms with E-state index in [0.29, 0.717) is 12.2 Å². The first-order chi connectivity index (χ1) is 7.75. The largest absolute Gasteiger partial charge is 0.381 e. The minimum atomic E-state index is -0.161. The van der Waals surface area contributed by atoms with E-state index in [-0.39, 0.29) is 5.82 Å². The molecule has 1 aliphatic heterocycles. The first-order valence-electron chi connectivity index (χ1n) is 5.51. The number of halogens is 1. The van der Waals surface area contributed by atoms with Crippen LogP contribution in [0.15, 0.2) is 29.8 Å². The Morgan fingerprint density at radius 1 is 1.44 bits per heavy atom. The Balaban J connectivity index is 1.94. The van der Waals surface area contributed by atoms with Crippen LogP contribution in [0.2, 0.25) is 0 Å². The number of hydrogen-bond acceptors (Lipinski definition) is 2. The summed E-state index contributed by atoms with van der Waals surface area (Å²) < 4.78 is 18.4. The molecule has 1 aliphatic rings. The highest BCUT2D eigenvalue weighted by Gasteiger charge is 2.04. The molecule has 0 fully saturated rings. The van der Waals surface area contributed by atoms with Crippen molar-refractivity contribution in [3.05, 3.63) is 41.2 Å². The minimum absolute atomic E-state index is 0.161. The highest BCUT2D eigenvalue weighted by molar-refractivity contribution is 5.47. The number of anilines is 1. The van der Waals surface area contributed by atoms with Crippen molar-refractivity contribution in [1.82, 2.24) is 0 Å². The van der Waals surface area contributed by atoms with E-state index in [9.17, 15) is 4.39 Å². The van der Waals surface area contributed by atoms with Crippen LogP contribution in [0.1, 0.15) is 12.0 Å². The molecule has 0 unspecified atom stereocenters. The summed E-state index contributed by atoms with van der Waals surface area (Å²) in [6, 6.07) is 5.07. The second-order valence-corrected chi connectivity index (χ2v) is 4.02. The van der Waals surface area contributed by atoms with Crippen molar-refractivity contribution in [2.45, 2.75) is 13.3 Å². The van der Waals surface area contributed by atoms with E-state index in [1.54, 1.807) is 13.0 Å². The molecule has 1 N–H and O–H groups in total. The van der Waals surface area contributed by atoms with Crippen molar-refractivity contribution in [2.75, 3.05) is 25.1 Å². The third kappa shape index (κ3) is 2.83. The topological polar surface area (TPSA) is 21.3 Å². The predicted octanol–water partition coefficient (Wildman–Crippen LogP) is 2.89. The van der Waals surface area contributed by atoms with E-state index in [4.69, 9.17) is 4.74 Å². The Bertz CT molecular complexity index is 401. The van der Waals surface area contributed by atoms with E-state index >= 15 is 0 Å². The van der Waals surface area contributed by atoms with Gasteiger partial charge in [-0.1, -0.05) is 6.08 Å². The van der Waals surface area contributed by atoms with E-state index in [2.05, 4.69) is 11.4 Å². The number of rotatable bonds is 3. The standard InChI is InChI=1S/C13H16FNO/c1-10-7-12(4-5-13(10)14)15-8-11-3-2-6-16-9-11/h3-5,7,15H,2,6,8-9H2,1H3. The second kappa shape index (κ2) is 5.12. The molecule has 0 amide bonds. The van der Waals surface area contributed by atoms with Crippen molar-refractivity contribution >= 4 is 5.69 Å². The van der Waals surface area contributed by atoms with Crippen molar-refractivity contribution < 1.29 is 9.13 Å². The molecular formula is C13H16FNO. The van der Waals surface area contributed by atoms with Gasteiger partial charge in [0.05, 0.1) is 13.2 Å². The van der Waals surface area contributed by atoms with Crippen LogP contribution >= 0.6 is 0 Å². The lowest BCUT2D eigenvalue weighted by Gasteiger charge is -2.15. The zero-order chi connectivity index (χ0) is 11.4. The van der Waals surface area contributed by atoms with Crippen LogP contribution in [0, 0.1) is 12.7 Å². The summed E-state index contributed by atoms with van der Waals surface area (Å²) in [6.07, 6.45) is 3.19. The van der Waals surface area contributed by atoms with Crippen molar-refractivity contribution in [1.29, 1.82) is 0 Å². The number of nitrogens with one attached hydrogen (secondary N) is 1. The second-order valence-electron chi connectivity index (χ2n) is 4.02. The average molecular weight is 221 g/mol. The fourth-order valence-electron chi connectivity index (χ4n) is 1.70. The van der Waals surface area contributed by atoms with Crippen molar-refractivity contribution in [3.63, 3.8) is 0 Å². The molecular weight excluding hydrogens is 205 g/mol. The zero-order valence-electron chi connectivity index (χ0n) is 9.42. The fourth-order valence-corrected chi connectivity index (χ4v) is 1.70. The predicted molar refractivity (Wildman–Crippen MR) is 63.1 cm³/mol. The molecule has 86 valence electrons. The zero-order valence-corrected chi connectivity index (χ0v) is 9.42. The SMILES string of the molecule is Cc1cc(NCC2=CCCOC2)ccc1F. The van der Waals surface area contributed by atoms with Gasteiger partial charge in [-0.25, -0.2) is 4.39 Å². The third-order valence-electron chi connectivity index (χ3n) is 2.66. The Morgan fingerprint density at radius 3 is 3.00 bits per heavy atom. The normalized spacial score (nSPS) is 15.8. The van der Waals surface area contributed by atoms with Crippen molar-refractivity contribution in [2.24, 2.45) is 0 Å². The number of hydrogen-bond donors (Lipinski definition) is 1. The number of aryl methyl sites for hydroxylation is 1. The number of ether oxygens (including phenoxy) is 1. The molecule has 1 aromatic carbocycles. The first-order valence-corrected chi connectivity index (χ1v) is 5.51. The van der Waals surface area contributed by atoms with Gasteiger partial charge in [0.1, 0.15) is 5.82 Å². The van der Waals surface area contributed by atoms with Gasteiger partial charge in [0.2, 0.25) is 0 Å². The molecule has 0 saturated carbocycles. The molecule has 0 saturated heterocycles. The summed E-state index contributed by atoms with van der Waals surface area (Å²) in [6.45, 7) is 4.06. The van der Waals surface area contributed by atoms with E-state index in [0.717, 1.165) is 25.3 Å². The quantitative estimate of drug-likeness (QED) is 0.792. The van der Waals surface area contributed by atoms with Gasteiger partial charge in [0.25, 0.3) is 0 Å². The molecule has 1 aromatic rings. The highest BCUT2D eigenvalue weighted by Crippen LogP contribution is 2.14. The van der Waals surface area contributed by atoms with E-state index in [1.165, 1.54) is 11.6 Å². The van der Waals surface area contributed by atoms with Crippen LogP contribution in [0.3, 0.4) is 0 Å². The van der Waals surface area contributed by atoms with Gasteiger partial charge >= 0.3 is 0 Å². The summed E-state index contributed by atoms with van der Waals surface area (Å²) in [5.41, 5.74) is 2.87. The summed E-state index contributed by atoms with van der Waals surface area (Å²) in [4.78, 5) is 0. The maximum absolute atomic E-state index is 13.0. The van der Waals surface area contributed by atoms with Gasteiger partial charge in [0.15, 0.2) is 0 Å². The summed E-state index contributed by atoms with van der Waals surface area (Å²) >= 11 is 0. The van der Waals surface area contributed by atoms with Crippen LogP contribution in [0.5, 0.6) is 0 Å². The van der Waals surface area contributed by atoms with E-state index < -0.39 is 0 Å². The van der Waals surface area contributed by atoms with E-state index in [1.807, 2.05) is 6.07 Å². The lowest BCUT2D eigenvalue weighted by molar-refractivity contribution is 0.150. The molecule has 0 spiro atoms. The summed E-state index contributed by atoms with van der Waals surface area (Å²) in [5, 5.41) is 3.27. The maximum Gasteiger partial charge on any atom is 0.126 e. The molecule has 2 rings (SSSR count). The Hall–Kier alpha value is -1.35. The molecule has 0 bridgehead atoms. The smallest absolute Gasteiger partial charge is 0.126 e. The Morgan fingerprint density at radius 2 is 2.31 bits per heavy atom. The van der Waals surface area contributed by atoms with Gasteiger partial charge < -0.3 is 10.1 Å². The highest BCUT2D eigenvalue weighted by atomic mass is 19.1. The lowest BCUT2D eigenvalue weighted by Crippen LogP contribution is -2.14. The molecule has 0 aliphatic carbocycles.